The largest absolute Gasteiger partial charge is 0.326 e. The van der Waals surface area contributed by atoms with Crippen LogP contribution in [0.4, 0.5) is 10.8 Å². The second kappa shape index (κ2) is 8.05. The summed E-state index contributed by atoms with van der Waals surface area (Å²) < 4.78 is 1.86. The Labute approximate surface area is 189 Å². The molecule has 5 rings (SSSR count). The van der Waals surface area contributed by atoms with Crippen LogP contribution >= 0.6 is 11.3 Å². The number of carbonyl (C=O) groups excluding carboxylic acids is 2. The molecule has 160 valence electrons. The molecule has 32 heavy (non-hydrogen) atoms. The summed E-state index contributed by atoms with van der Waals surface area (Å²) in [4.78, 5) is 28.8. The van der Waals surface area contributed by atoms with Gasteiger partial charge >= 0.3 is 0 Å². The van der Waals surface area contributed by atoms with Crippen LogP contribution in [-0.4, -0.2) is 26.6 Å². The third-order valence-electron chi connectivity index (χ3n) is 5.40. The molecular weight excluding hydrogens is 422 g/mol. The van der Waals surface area contributed by atoms with Gasteiger partial charge in [-0.2, -0.15) is 5.10 Å². The zero-order chi connectivity index (χ0) is 22.2. The van der Waals surface area contributed by atoms with E-state index in [-0.39, 0.29) is 11.8 Å². The van der Waals surface area contributed by atoms with Gasteiger partial charge in [0.15, 0.2) is 5.13 Å². The smallest absolute Gasteiger partial charge is 0.257 e. The molecule has 7 nitrogen and oxygen atoms in total. The predicted molar refractivity (Wildman–Crippen MR) is 125 cm³/mol. The van der Waals surface area contributed by atoms with Gasteiger partial charge < -0.3 is 5.32 Å². The van der Waals surface area contributed by atoms with Crippen LogP contribution in [0.25, 0.3) is 16.9 Å². The summed E-state index contributed by atoms with van der Waals surface area (Å²) in [5, 5.41) is 12.7. The molecule has 0 unspecified atom stereocenters. The average molecular weight is 444 g/mol. The van der Waals surface area contributed by atoms with E-state index in [0.29, 0.717) is 17.1 Å². The van der Waals surface area contributed by atoms with E-state index in [0.717, 1.165) is 46.0 Å². The first-order chi connectivity index (χ1) is 15.5. The van der Waals surface area contributed by atoms with Crippen LogP contribution in [-0.2, 0) is 11.2 Å². The van der Waals surface area contributed by atoms with Gasteiger partial charge in [-0.05, 0) is 68.3 Å². The number of anilines is 2. The van der Waals surface area contributed by atoms with Gasteiger partial charge in [0.05, 0.1) is 17.1 Å². The van der Waals surface area contributed by atoms with Gasteiger partial charge in [0.1, 0.15) is 0 Å². The van der Waals surface area contributed by atoms with Gasteiger partial charge in [0.25, 0.3) is 5.91 Å². The zero-order valence-corrected chi connectivity index (χ0v) is 18.5. The molecule has 1 aliphatic heterocycles. The highest BCUT2D eigenvalue weighted by Gasteiger charge is 2.16. The van der Waals surface area contributed by atoms with Gasteiger partial charge in [0.2, 0.25) is 5.91 Å². The number of fused-ring (bicyclic) bond motifs is 1. The van der Waals surface area contributed by atoms with Crippen LogP contribution < -0.4 is 10.6 Å². The molecule has 0 radical (unpaired) electrons. The second-order valence-electron chi connectivity index (χ2n) is 7.80. The number of rotatable bonds is 4. The Morgan fingerprint density at radius 1 is 1.09 bits per heavy atom. The van der Waals surface area contributed by atoms with Crippen LogP contribution in [0.5, 0.6) is 0 Å². The Kier molecular flexibility index (Phi) is 5.07. The van der Waals surface area contributed by atoms with Crippen molar-refractivity contribution in [2.75, 3.05) is 10.6 Å². The minimum atomic E-state index is -0.209. The molecule has 0 bridgehead atoms. The van der Waals surface area contributed by atoms with E-state index in [9.17, 15) is 9.59 Å². The SMILES string of the molecule is Cc1cc(C)n(-c2ccc(C(=O)Nc3nc(-c4ccc5c(c4)CCC(=O)N5)cs3)cc2)n1. The van der Waals surface area contributed by atoms with Crippen molar-refractivity contribution >= 4 is 34.0 Å². The molecule has 1 aliphatic rings. The molecule has 0 atom stereocenters. The summed E-state index contributed by atoms with van der Waals surface area (Å²) in [5.41, 5.74) is 7.17. The summed E-state index contributed by atoms with van der Waals surface area (Å²) in [5.74, 6) is -0.161. The van der Waals surface area contributed by atoms with E-state index in [4.69, 9.17) is 0 Å². The molecule has 0 saturated heterocycles. The van der Waals surface area contributed by atoms with Crippen LogP contribution in [0.1, 0.15) is 33.7 Å². The monoisotopic (exact) mass is 443 g/mol. The summed E-state index contributed by atoms with van der Waals surface area (Å²) >= 11 is 1.38. The first-order valence-electron chi connectivity index (χ1n) is 10.3. The van der Waals surface area contributed by atoms with Gasteiger partial charge in [-0.15, -0.1) is 11.3 Å². The van der Waals surface area contributed by atoms with Crippen molar-refractivity contribution in [2.24, 2.45) is 0 Å². The minimum Gasteiger partial charge on any atom is -0.326 e. The van der Waals surface area contributed by atoms with Crippen molar-refractivity contribution in [1.82, 2.24) is 14.8 Å². The van der Waals surface area contributed by atoms with E-state index in [1.54, 1.807) is 12.1 Å². The second-order valence-corrected chi connectivity index (χ2v) is 8.66. The highest BCUT2D eigenvalue weighted by atomic mass is 32.1. The van der Waals surface area contributed by atoms with Gasteiger partial charge in [-0.3, -0.25) is 14.9 Å². The van der Waals surface area contributed by atoms with Crippen LogP contribution in [0.3, 0.4) is 0 Å². The zero-order valence-electron chi connectivity index (χ0n) is 17.7. The molecule has 2 amide bonds. The molecule has 2 aromatic carbocycles. The highest BCUT2D eigenvalue weighted by Crippen LogP contribution is 2.30. The number of carbonyl (C=O) groups is 2. The Morgan fingerprint density at radius 3 is 2.66 bits per heavy atom. The first kappa shape index (κ1) is 20.1. The molecule has 2 aromatic heterocycles. The van der Waals surface area contributed by atoms with Gasteiger partial charge in [-0.1, -0.05) is 6.07 Å². The summed E-state index contributed by atoms with van der Waals surface area (Å²) in [6.07, 6.45) is 1.21. The first-order valence-corrected chi connectivity index (χ1v) is 11.2. The Hall–Kier alpha value is -3.78. The number of benzene rings is 2. The fourth-order valence-corrected chi connectivity index (χ4v) is 4.53. The van der Waals surface area contributed by atoms with Crippen molar-refractivity contribution in [3.05, 3.63) is 76.4 Å². The predicted octanol–water partition coefficient (Wildman–Crippen LogP) is 4.75. The van der Waals surface area contributed by atoms with Crippen molar-refractivity contribution in [1.29, 1.82) is 0 Å². The number of nitrogens with zero attached hydrogens (tertiary/aromatic N) is 3. The standard InChI is InChI=1S/C24H21N5O2S/c1-14-11-15(2)29(28-14)19-7-3-16(4-8-19)23(31)27-24-26-21(13-32-24)18-5-9-20-17(12-18)6-10-22(30)25-20/h3-5,7-9,11-13H,6,10H2,1-2H3,(H,25,30)(H,26,27,31). The summed E-state index contributed by atoms with van der Waals surface area (Å²) in [7, 11) is 0. The summed E-state index contributed by atoms with van der Waals surface area (Å²) in [6, 6.07) is 15.2. The maximum atomic E-state index is 12.7. The molecule has 2 N–H and O–H groups in total. The lowest BCUT2D eigenvalue weighted by atomic mass is 9.99. The maximum Gasteiger partial charge on any atom is 0.257 e. The molecule has 0 saturated carbocycles. The molecule has 4 aromatic rings. The third-order valence-corrected chi connectivity index (χ3v) is 6.16. The van der Waals surface area contributed by atoms with Crippen LogP contribution in [0.2, 0.25) is 0 Å². The Bertz CT molecular complexity index is 1340. The van der Waals surface area contributed by atoms with Gasteiger partial charge in [-0.25, -0.2) is 9.67 Å². The average Bonchev–Trinajstić information content (AvgIpc) is 3.39. The highest BCUT2D eigenvalue weighted by molar-refractivity contribution is 7.14. The number of aryl methyl sites for hydroxylation is 3. The van der Waals surface area contributed by atoms with E-state index < -0.39 is 0 Å². The number of nitrogens with one attached hydrogen (secondary N) is 2. The topological polar surface area (TPSA) is 88.9 Å². The van der Waals surface area contributed by atoms with E-state index >= 15 is 0 Å². The number of aromatic nitrogens is 3. The van der Waals surface area contributed by atoms with E-state index in [2.05, 4.69) is 20.7 Å². The quantitative estimate of drug-likeness (QED) is 0.476. The van der Waals surface area contributed by atoms with Gasteiger partial charge in [0, 0.05) is 34.3 Å². The molecular formula is C24H21N5O2S. The molecule has 0 aliphatic carbocycles. The number of hydrogen-bond acceptors (Lipinski definition) is 5. The number of hydrogen-bond donors (Lipinski definition) is 2. The van der Waals surface area contributed by atoms with Crippen molar-refractivity contribution in [2.45, 2.75) is 26.7 Å². The Balaban J connectivity index is 1.30. The minimum absolute atomic E-state index is 0.0480. The van der Waals surface area contributed by atoms with Crippen LogP contribution in [0, 0.1) is 13.8 Å². The molecule has 0 fully saturated rings. The van der Waals surface area contributed by atoms with E-state index in [1.807, 2.05) is 60.3 Å². The Morgan fingerprint density at radius 2 is 1.91 bits per heavy atom. The lowest BCUT2D eigenvalue weighted by molar-refractivity contribution is -0.116. The third kappa shape index (κ3) is 3.92. The molecule has 3 heterocycles. The molecule has 0 spiro atoms. The number of thiazole rings is 1. The lowest BCUT2D eigenvalue weighted by Gasteiger charge is -2.17. The molecule has 8 heteroatoms. The summed E-state index contributed by atoms with van der Waals surface area (Å²) in [6.45, 7) is 3.95. The van der Waals surface area contributed by atoms with Crippen molar-refractivity contribution in [3.8, 4) is 16.9 Å². The van der Waals surface area contributed by atoms with Crippen molar-refractivity contribution in [3.63, 3.8) is 0 Å². The normalized spacial score (nSPS) is 12.9. The fraction of sp³-hybridized carbons (Fsp3) is 0.167. The maximum absolute atomic E-state index is 12.7. The number of amides is 2. The van der Waals surface area contributed by atoms with Crippen LogP contribution in [0.15, 0.2) is 53.9 Å². The van der Waals surface area contributed by atoms with Crippen molar-refractivity contribution < 1.29 is 9.59 Å². The fourth-order valence-electron chi connectivity index (χ4n) is 3.82. The van der Waals surface area contributed by atoms with E-state index in [1.165, 1.54) is 11.3 Å². The lowest BCUT2D eigenvalue weighted by Crippen LogP contribution is -2.18.